The summed E-state index contributed by atoms with van der Waals surface area (Å²) >= 11 is 0. The summed E-state index contributed by atoms with van der Waals surface area (Å²) in [6, 6.07) is 4.96. The van der Waals surface area contributed by atoms with E-state index >= 15 is 0 Å². The van der Waals surface area contributed by atoms with Crippen LogP contribution in [0.4, 0.5) is 11.4 Å². The quantitative estimate of drug-likeness (QED) is 0.597. The van der Waals surface area contributed by atoms with Crippen molar-refractivity contribution in [2.75, 3.05) is 32.7 Å². The summed E-state index contributed by atoms with van der Waals surface area (Å²) in [5, 5.41) is 14.1. The van der Waals surface area contributed by atoms with Gasteiger partial charge in [0.2, 0.25) is 0 Å². The highest BCUT2D eigenvalue weighted by molar-refractivity contribution is 5.68. The van der Waals surface area contributed by atoms with Gasteiger partial charge < -0.3 is 14.8 Å². The molecule has 0 aliphatic heterocycles. The van der Waals surface area contributed by atoms with E-state index in [9.17, 15) is 10.1 Å². The average Bonchev–Trinajstić information content (AvgIpc) is 2.35. The van der Waals surface area contributed by atoms with Gasteiger partial charge in [0.05, 0.1) is 18.6 Å². The molecule has 0 bridgehead atoms. The first kappa shape index (κ1) is 14.2. The van der Waals surface area contributed by atoms with Crippen molar-refractivity contribution in [2.24, 2.45) is 5.92 Å². The summed E-state index contributed by atoms with van der Waals surface area (Å²) < 4.78 is 10.0. The SMILES string of the molecule is COCC(C)CNc1cccc(OC)c1[N+](=O)[O-]. The molecule has 1 unspecified atom stereocenters. The Kier molecular flexibility index (Phi) is 5.38. The van der Waals surface area contributed by atoms with Gasteiger partial charge in [-0.1, -0.05) is 13.0 Å². The van der Waals surface area contributed by atoms with E-state index in [1.807, 2.05) is 6.92 Å². The molecule has 0 saturated heterocycles. The lowest BCUT2D eigenvalue weighted by Gasteiger charge is -2.13. The Bertz CT molecular complexity index is 409. The number of benzene rings is 1. The normalized spacial score (nSPS) is 11.9. The summed E-state index contributed by atoms with van der Waals surface area (Å²) in [5.41, 5.74) is 0.423. The minimum absolute atomic E-state index is 0.0374. The molecule has 6 nitrogen and oxygen atoms in total. The number of nitro benzene ring substituents is 1. The zero-order valence-corrected chi connectivity index (χ0v) is 10.8. The molecule has 0 fully saturated rings. The van der Waals surface area contributed by atoms with Crippen LogP contribution in [-0.4, -0.2) is 32.3 Å². The van der Waals surface area contributed by atoms with Crippen molar-refractivity contribution in [3.05, 3.63) is 28.3 Å². The summed E-state index contributed by atoms with van der Waals surface area (Å²) in [4.78, 5) is 10.6. The highest BCUT2D eigenvalue weighted by atomic mass is 16.6. The Hall–Kier alpha value is -1.82. The van der Waals surface area contributed by atoms with Crippen molar-refractivity contribution in [3.63, 3.8) is 0 Å². The molecule has 0 saturated carbocycles. The maximum Gasteiger partial charge on any atom is 0.333 e. The molecule has 1 aromatic rings. The van der Waals surface area contributed by atoms with Gasteiger partial charge in [0, 0.05) is 13.7 Å². The van der Waals surface area contributed by atoms with Gasteiger partial charge in [-0.15, -0.1) is 0 Å². The summed E-state index contributed by atoms with van der Waals surface area (Å²) in [7, 11) is 3.05. The second-order valence-corrected chi connectivity index (χ2v) is 4.05. The fourth-order valence-electron chi connectivity index (χ4n) is 1.65. The highest BCUT2D eigenvalue weighted by Crippen LogP contribution is 2.34. The van der Waals surface area contributed by atoms with Gasteiger partial charge in [0.1, 0.15) is 5.69 Å². The molecule has 18 heavy (non-hydrogen) atoms. The van der Waals surface area contributed by atoms with Crippen LogP contribution in [0, 0.1) is 16.0 Å². The minimum Gasteiger partial charge on any atom is -0.490 e. The molecular formula is C12H18N2O4. The molecule has 0 aliphatic carbocycles. The zero-order chi connectivity index (χ0) is 13.5. The van der Waals surface area contributed by atoms with Gasteiger partial charge in [-0.2, -0.15) is 0 Å². The van der Waals surface area contributed by atoms with E-state index in [2.05, 4.69) is 5.32 Å². The number of para-hydroxylation sites is 1. The third-order valence-corrected chi connectivity index (χ3v) is 2.49. The first-order valence-corrected chi connectivity index (χ1v) is 5.64. The predicted octanol–water partition coefficient (Wildman–Crippen LogP) is 2.30. The molecule has 0 amide bonds. The molecule has 6 heteroatoms. The van der Waals surface area contributed by atoms with Crippen LogP contribution >= 0.6 is 0 Å². The highest BCUT2D eigenvalue weighted by Gasteiger charge is 2.20. The lowest BCUT2D eigenvalue weighted by atomic mass is 10.2. The van der Waals surface area contributed by atoms with Crippen molar-refractivity contribution in [1.29, 1.82) is 0 Å². The molecule has 0 aromatic heterocycles. The van der Waals surface area contributed by atoms with E-state index in [-0.39, 0.29) is 17.4 Å². The third kappa shape index (κ3) is 3.59. The Morgan fingerprint density at radius 2 is 2.17 bits per heavy atom. The van der Waals surface area contributed by atoms with Crippen molar-refractivity contribution in [1.82, 2.24) is 0 Å². The molecule has 1 rings (SSSR count). The number of rotatable bonds is 7. The van der Waals surface area contributed by atoms with Gasteiger partial charge in [-0.05, 0) is 18.1 Å². The number of hydrogen-bond donors (Lipinski definition) is 1. The fourth-order valence-corrected chi connectivity index (χ4v) is 1.65. The van der Waals surface area contributed by atoms with E-state index in [0.717, 1.165) is 0 Å². The Morgan fingerprint density at radius 3 is 2.72 bits per heavy atom. The monoisotopic (exact) mass is 254 g/mol. The topological polar surface area (TPSA) is 73.6 Å². The van der Waals surface area contributed by atoms with Gasteiger partial charge in [-0.3, -0.25) is 10.1 Å². The minimum atomic E-state index is -0.442. The molecule has 0 spiro atoms. The Labute approximate surface area is 106 Å². The first-order valence-electron chi connectivity index (χ1n) is 5.64. The van der Waals surface area contributed by atoms with E-state index in [1.54, 1.807) is 25.3 Å². The predicted molar refractivity (Wildman–Crippen MR) is 69.2 cm³/mol. The van der Waals surface area contributed by atoms with Crippen LogP contribution in [0.3, 0.4) is 0 Å². The second kappa shape index (κ2) is 6.80. The number of ether oxygens (including phenoxy) is 2. The molecule has 100 valence electrons. The Balaban J connectivity index is 2.85. The van der Waals surface area contributed by atoms with Crippen molar-refractivity contribution < 1.29 is 14.4 Å². The van der Waals surface area contributed by atoms with Crippen LogP contribution < -0.4 is 10.1 Å². The molecule has 1 aromatic carbocycles. The van der Waals surface area contributed by atoms with Gasteiger partial charge in [0.25, 0.3) is 0 Å². The summed E-state index contributed by atoms with van der Waals surface area (Å²) in [6.45, 7) is 3.20. The molecule has 0 heterocycles. The molecule has 0 radical (unpaired) electrons. The Morgan fingerprint density at radius 1 is 1.44 bits per heavy atom. The van der Waals surface area contributed by atoms with E-state index in [0.29, 0.717) is 18.8 Å². The number of methoxy groups -OCH3 is 2. The number of hydrogen-bond acceptors (Lipinski definition) is 5. The van der Waals surface area contributed by atoms with E-state index < -0.39 is 4.92 Å². The third-order valence-electron chi connectivity index (χ3n) is 2.49. The summed E-state index contributed by atoms with van der Waals surface area (Å²) in [6.07, 6.45) is 0. The summed E-state index contributed by atoms with van der Waals surface area (Å²) in [5.74, 6) is 0.519. The van der Waals surface area contributed by atoms with Crippen LogP contribution in [0.15, 0.2) is 18.2 Å². The zero-order valence-electron chi connectivity index (χ0n) is 10.8. The van der Waals surface area contributed by atoms with Crippen LogP contribution in [0.2, 0.25) is 0 Å². The van der Waals surface area contributed by atoms with E-state index in [4.69, 9.17) is 9.47 Å². The lowest BCUT2D eigenvalue weighted by molar-refractivity contribution is -0.384. The van der Waals surface area contributed by atoms with Crippen LogP contribution in [-0.2, 0) is 4.74 Å². The van der Waals surface area contributed by atoms with Crippen LogP contribution in [0.5, 0.6) is 5.75 Å². The number of nitrogens with one attached hydrogen (secondary N) is 1. The molecule has 1 atom stereocenters. The average molecular weight is 254 g/mol. The lowest BCUT2D eigenvalue weighted by Crippen LogP contribution is -2.16. The second-order valence-electron chi connectivity index (χ2n) is 4.05. The number of nitrogens with zero attached hydrogens (tertiary/aromatic N) is 1. The van der Waals surface area contributed by atoms with Gasteiger partial charge in [0.15, 0.2) is 5.75 Å². The van der Waals surface area contributed by atoms with Crippen LogP contribution in [0.1, 0.15) is 6.92 Å². The maximum absolute atomic E-state index is 11.0. The number of nitro groups is 1. The molecular weight excluding hydrogens is 236 g/mol. The largest absolute Gasteiger partial charge is 0.490 e. The smallest absolute Gasteiger partial charge is 0.333 e. The van der Waals surface area contributed by atoms with E-state index in [1.165, 1.54) is 7.11 Å². The maximum atomic E-state index is 11.0. The first-order chi connectivity index (χ1) is 8.60. The van der Waals surface area contributed by atoms with Gasteiger partial charge >= 0.3 is 5.69 Å². The fraction of sp³-hybridized carbons (Fsp3) is 0.500. The molecule has 1 N–H and O–H groups in total. The number of anilines is 1. The van der Waals surface area contributed by atoms with Crippen molar-refractivity contribution in [3.8, 4) is 5.75 Å². The standard InChI is InChI=1S/C12H18N2O4/c1-9(8-17-2)7-13-10-5-4-6-11(18-3)12(10)14(15)16/h4-6,9,13H,7-8H2,1-3H3. The van der Waals surface area contributed by atoms with Crippen molar-refractivity contribution in [2.45, 2.75) is 6.92 Å². The van der Waals surface area contributed by atoms with Crippen molar-refractivity contribution >= 4 is 11.4 Å². The molecule has 0 aliphatic rings. The van der Waals surface area contributed by atoms with Crippen LogP contribution in [0.25, 0.3) is 0 Å². The van der Waals surface area contributed by atoms with Gasteiger partial charge in [-0.25, -0.2) is 0 Å².